The molecule has 182 valence electrons. The summed E-state index contributed by atoms with van der Waals surface area (Å²) in [5, 5.41) is 2.34. The number of carbonyl (C=O) groups excluding carboxylic acids is 2. The van der Waals surface area contributed by atoms with E-state index in [9.17, 15) is 27.2 Å². The van der Waals surface area contributed by atoms with Crippen molar-refractivity contribution in [3.8, 4) is 11.5 Å². The Labute approximate surface area is 193 Å². The Kier molecular flexibility index (Phi) is 7.80. The van der Waals surface area contributed by atoms with Crippen LogP contribution in [0.5, 0.6) is 11.5 Å². The molecule has 6 nitrogen and oxygen atoms in total. The summed E-state index contributed by atoms with van der Waals surface area (Å²) in [6, 6.07) is 4.21. The van der Waals surface area contributed by atoms with Gasteiger partial charge in [0.1, 0.15) is 17.1 Å². The molecule has 0 fully saturated rings. The third-order valence-electron chi connectivity index (χ3n) is 5.51. The van der Waals surface area contributed by atoms with Gasteiger partial charge in [-0.3, -0.25) is 9.59 Å². The van der Waals surface area contributed by atoms with Crippen LogP contribution in [0.15, 0.2) is 36.4 Å². The fourth-order valence-corrected chi connectivity index (χ4v) is 3.94. The SMILES string of the molecule is CCOC(=O)C(c1cc(OC)ccc1OC)C1C=CC(NC(=O)c2c(F)c(F)cc(F)c2F)C1. The van der Waals surface area contributed by atoms with E-state index < -0.39 is 58.6 Å². The lowest BCUT2D eigenvalue weighted by molar-refractivity contribution is -0.146. The van der Waals surface area contributed by atoms with E-state index in [1.165, 1.54) is 20.3 Å². The highest BCUT2D eigenvalue weighted by Gasteiger charge is 2.37. The zero-order valence-corrected chi connectivity index (χ0v) is 18.7. The minimum absolute atomic E-state index is 0.0262. The first kappa shape index (κ1) is 25.1. The van der Waals surface area contributed by atoms with Crippen LogP contribution in [0.3, 0.4) is 0 Å². The number of hydrogen-bond acceptors (Lipinski definition) is 5. The highest BCUT2D eigenvalue weighted by atomic mass is 19.2. The number of rotatable bonds is 8. The molecule has 0 radical (unpaired) electrons. The van der Waals surface area contributed by atoms with Crippen molar-refractivity contribution in [3.63, 3.8) is 0 Å². The Morgan fingerprint density at radius 3 is 2.29 bits per heavy atom. The summed E-state index contributed by atoms with van der Waals surface area (Å²) in [4.78, 5) is 25.3. The van der Waals surface area contributed by atoms with Gasteiger partial charge in [0, 0.05) is 17.7 Å². The van der Waals surface area contributed by atoms with Gasteiger partial charge in [-0.05, 0) is 37.5 Å². The van der Waals surface area contributed by atoms with Crippen LogP contribution in [0.2, 0.25) is 0 Å². The van der Waals surface area contributed by atoms with E-state index in [0.29, 0.717) is 17.1 Å². The average molecular weight is 481 g/mol. The fourth-order valence-electron chi connectivity index (χ4n) is 3.94. The number of hydrogen-bond donors (Lipinski definition) is 1. The average Bonchev–Trinajstić information content (AvgIpc) is 3.25. The van der Waals surface area contributed by atoms with E-state index in [1.807, 2.05) is 0 Å². The molecular weight excluding hydrogens is 458 g/mol. The molecule has 2 aromatic rings. The lowest BCUT2D eigenvalue weighted by Gasteiger charge is -2.24. The van der Waals surface area contributed by atoms with E-state index in [1.54, 1.807) is 31.2 Å². The summed E-state index contributed by atoms with van der Waals surface area (Å²) >= 11 is 0. The molecule has 0 saturated heterocycles. The summed E-state index contributed by atoms with van der Waals surface area (Å²) < 4.78 is 70.9. The van der Waals surface area contributed by atoms with Crippen LogP contribution in [0.1, 0.15) is 35.2 Å². The summed E-state index contributed by atoms with van der Waals surface area (Å²) in [5.41, 5.74) is -0.864. The van der Waals surface area contributed by atoms with Gasteiger partial charge in [0.25, 0.3) is 5.91 Å². The van der Waals surface area contributed by atoms with Crippen LogP contribution in [-0.4, -0.2) is 38.7 Å². The maximum absolute atomic E-state index is 14.0. The van der Waals surface area contributed by atoms with Crippen LogP contribution in [0, 0.1) is 29.2 Å². The minimum Gasteiger partial charge on any atom is -0.497 e. The summed E-state index contributed by atoms with van der Waals surface area (Å²) in [6.45, 7) is 1.79. The second-order valence-electron chi connectivity index (χ2n) is 7.55. The number of benzene rings is 2. The molecule has 1 aliphatic rings. The maximum Gasteiger partial charge on any atom is 0.314 e. The van der Waals surface area contributed by atoms with Gasteiger partial charge >= 0.3 is 5.97 Å². The minimum atomic E-state index is -1.79. The third-order valence-corrected chi connectivity index (χ3v) is 5.51. The van der Waals surface area contributed by atoms with Gasteiger partial charge in [0.15, 0.2) is 23.3 Å². The zero-order chi connectivity index (χ0) is 25.0. The summed E-state index contributed by atoms with van der Waals surface area (Å²) in [6.07, 6.45) is 3.34. The Morgan fingerprint density at radius 1 is 1.03 bits per heavy atom. The Balaban J connectivity index is 1.86. The van der Waals surface area contributed by atoms with Crippen LogP contribution in [0.4, 0.5) is 17.6 Å². The zero-order valence-electron chi connectivity index (χ0n) is 18.7. The quantitative estimate of drug-likeness (QED) is 0.264. The molecular formula is C24H23F4NO5. The number of allylic oxidation sites excluding steroid dienone is 1. The maximum atomic E-state index is 14.0. The van der Waals surface area contributed by atoms with Crippen molar-refractivity contribution in [2.24, 2.45) is 5.92 Å². The molecule has 0 aromatic heterocycles. The predicted octanol–water partition coefficient (Wildman–Crippen LogP) is 4.28. The van der Waals surface area contributed by atoms with E-state index in [2.05, 4.69) is 5.32 Å². The second kappa shape index (κ2) is 10.6. The van der Waals surface area contributed by atoms with Gasteiger partial charge in [0.2, 0.25) is 0 Å². The highest BCUT2D eigenvalue weighted by Crippen LogP contribution is 2.40. The molecule has 3 rings (SSSR count). The van der Waals surface area contributed by atoms with Gasteiger partial charge in [0.05, 0.1) is 26.7 Å². The van der Waals surface area contributed by atoms with Crippen molar-refractivity contribution in [1.29, 1.82) is 0 Å². The molecule has 0 saturated carbocycles. The van der Waals surface area contributed by atoms with E-state index in [-0.39, 0.29) is 19.1 Å². The lowest BCUT2D eigenvalue weighted by atomic mass is 9.84. The first-order valence-electron chi connectivity index (χ1n) is 10.4. The van der Waals surface area contributed by atoms with Crippen molar-refractivity contribution in [2.45, 2.75) is 25.3 Å². The van der Waals surface area contributed by atoms with E-state index >= 15 is 0 Å². The van der Waals surface area contributed by atoms with Crippen LogP contribution >= 0.6 is 0 Å². The standard InChI is InChI=1S/C24H23F4NO5/c1-4-34-24(31)19(15-10-14(32-2)7-8-18(15)33-3)12-5-6-13(9-12)29-23(30)20-21(27)16(25)11-17(26)22(20)28/h5-8,10-13,19H,4,9H2,1-3H3,(H,29,30). The number of carbonyl (C=O) groups is 2. The molecule has 1 amide bonds. The predicted molar refractivity (Wildman–Crippen MR) is 114 cm³/mol. The van der Waals surface area contributed by atoms with Gasteiger partial charge < -0.3 is 19.5 Å². The van der Waals surface area contributed by atoms with Gasteiger partial charge in [-0.15, -0.1) is 0 Å². The molecule has 3 unspecified atom stereocenters. The molecule has 0 spiro atoms. The van der Waals surface area contributed by atoms with Crippen molar-refractivity contribution in [3.05, 3.63) is 70.8 Å². The molecule has 1 N–H and O–H groups in total. The Morgan fingerprint density at radius 2 is 1.71 bits per heavy atom. The van der Waals surface area contributed by atoms with Crippen molar-refractivity contribution < 1.29 is 41.4 Å². The lowest BCUT2D eigenvalue weighted by Crippen LogP contribution is -2.35. The van der Waals surface area contributed by atoms with E-state index in [4.69, 9.17) is 14.2 Å². The number of amides is 1. The monoisotopic (exact) mass is 481 g/mol. The number of ether oxygens (including phenoxy) is 3. The summed E-state index contributed by atoms with van der Waals surface area (Å²) in [5.74, 6) is -9.26. The molecule has 3 atom stereocenters. The van der Waals surface area contributed by atoms with Crippen molar-refractivity contribution in [2.75, 3.05) is 20.8 Å². The van der Waals surface area contributed by atoms with Crippen molar-refractivity contribution >= 4 is 11.9 Å². The largest absolute Gasteiger partial charge is 0.497 e. The number of nitrogens with one attached hydrogen (secondary N) is 1. The molecule has 0 bridgehead atoms. The Hall–Kier alpha value is -3.56. The normalized spacial score (nSPS) is 17.9. The molecule has 2 aromatic carbocycles. The first-order valence-corrected chi connectivity index (χ1v) is 10.4. The first-order chi connectivity index (χ1) is 16.2. The van der Waals surface area contributed by atoms with Gasteiger partial charge in [-0.25, -0.2) is 17.6 Å². The van der Waals surface area contributed by atoms with Gasteiger partial charge in [-0.1, -0.05) is 12.2 Å². The molecule has 0 heterocycles. The second-order valence-corrected chi connectivity index (χ2v) is 7.55. The third kappa shape index (κ3) is 5.00. The molecule has 34 heavy (non-hydrogen) atoms. The van der Waals surface area contributed by atoms with Crippen LogP contribution < -0.4 is 14.8 Å². The topological polar surface area (TPSA) is 73.9 Å². The van der Waals surface area contributed by atoms with Crippen molar-refractivity contribution in [1.82, 2.24) is 5.32 Å². The number of esters is 1. The van der Waals surface area contributed by atoms with Crippen LogP contribution in [0.25, 0.3) is 0 Å². The molecule has 10 heteroatoms. The van der Waals surface area contributed by atoms with Gasteiger partial charge in [-0.2, -0.15) is 0 Å². The number of methoxy groups -OCH3 is 2. The van der Waals surface area contributed by atoms with E-state index in [0.717, 1.165) is 0 Å². The molecule has 0 aliphatic heterocycles. The smallest absolute Gasteiger partial charge is 0.314 e. The molecule has 1 aliphatic carbocycles. The van der Waals surface area contributed by atoms with Crippen LogP contribution in [-0.2, 0) is 9.53 Å². The fraction of sp³-hybridized carbons (Fsp3) is 0.333. The Bertz CT molecular complexity index is 1090. The summed E-state index contributed by atoms with van der Waals surface area (Å²) in [7, 11) is 2.92. The highest BCUT2D eigenvalue weighted by molar-refractivity contribution is 5.95. The number of halogens is 4.